The molecule has 0 heterocycles. The van der Waals surface area contributed by atoms with Gasteiger partial charge in [0.25, 0.3) is 0 Å². The van der Waals surface area contributed by atoms with E-state index < -0.39 is 0 Å². The molecule has 0 saturated carbocycles. The zero-order valence-corrected chi connectivity index (χ0v) is 11.3. The maximum atomic E-state index is 7.47. The summed E-state index contributed by atoms with van der Waals surface area (Å²) in [5, 5.41) is 13.3. The molecule has 3 heteroatoms. The number of benzene rings is 2. The molecule has 1 unspecified atom stereocenters. The van der Waals surface area contributed by atoms with E-state index in [9.17, 15) is 0 Å². The second kappa shape index (κ2) is 6.45. The van der Waals surface area contributed by atoms with Crippen LogP contribution in [0.1, 0.15) is 24.5 Å². The molecule has 0 aliphatic heterocycles. The number of nitrogens with two attached hydrogens (primary N) is 1. The van der Waals surface area contributed by atoms with Crippen molar-refractivity contribution < 1.29 is 0 Å². The Labute approximate surface area is 114 Å². The molecule has 3 nitrogen and oxygen atoms in total. The van der Waals surface area contributed by atoms with Crippen LogP contribution in [-0.4, -0.2) is 18.8 Å². The molecule has 2 rings (SSSR count). The molecule has 0 aromatic heterocycles. The van der Waals surface area contributed by atoms with Gasteiger partial charge >= 0.3 is 0 Å². The van der Waals surface area contributed by atoms with Crippen molar-refractivity contribution >= 4 is 17.0 Å². The van der Waals surface area contributed by atoms with Crippen LogP contribution in [0.3, 0.4) is 0 Å². The minimum atomic E-state index is 0.362. The van der Waals surface area contributed by atoms with Gasteiger partial charge in [-0.2, -0.15) is 0 Å². The van der Waals surface area contributed by atoms with E-state index in [0.29, 0.717) is 12.6 Å². The Morgan fingerprint density at radius 1 is 1.21 bits per heavy atom. The summed E-state index contributed by atoms with van der Waals surface area (Å²) in [6.07, 6.45) is 2.45. The van der Waals surface area contributed by atoms with Crippen LogP contribution in [0.5, 0.6) is 0 Å². The normalized spacial score (nSPS) is 12.5. The second-order valence-corrected chi connectivity index (χ2v) is 4.73. The minimum absolute atomic E-state index is 0.362. The molecule has 2 aromatic carbocycles. The van der Waals surface area contributed by atoms with Gasteiger partial charge in [-0.1, -0.05) is 43.3 Å². The van der Waals surface area contributed by atoms with Crippen molar-refractivity contribution in [3.05, 3.63) is 47.5 Å². The number of fused-ring (bicyclic) bond motifs is 1. The number of rotatable bonds is 6. The largest absolute Gasteiger partial charge is 0.329 e. The highest BCUT2D eigenvalue weighted by Crippen LogP contribution is 2.22. The van der Waals surface area contributed by atoms with Gasteiger partial charge in [0.05, 0.1) is 0 Å². The summed E-state index contributed by atoms with van der Waals surface area (Å²) in [5.74, 6) is 0. The summed E-state index contributed by atoms with van der Waals surface area (Å²) < 4.78 is 0. The fourth-order valence-electron chi connectivity index (χ4n) is 2.31. The topological polar surface area (TPSA) is 61.9 Å². The van der Waals surface area contributed by atoms with E-state index in [4.69, 9.17) is 11.1 Å². The first-order valence-electron chi connectivity index (χ1n) is 6.74. The van der Waals surface area contributed by atoms with Crippen molar-refractivity contribution in [1.82, 2.24) is 5.32 Å². The van der Waals surface area contributed by atoms with E-state index in [1.165, 1.54) is 17.2 Å². The Hall–Kier alpha value is -1.71. The molecule has 19 heavy (non-hydrogen) atoms. The van der Waals surface area contributed by atoms with Crippen molar-refractivity contribution in [2.24, 2.45) is 5.73 Å². The van der Waals surface area contributed by atoms with E-state index in [0.717, 1.165) is 23.9 Å². The minimum Gasteiger partial charge on any atom is -0.329 e. The average Bonchev–Trinajstić information content (AvgIpc) is 2.48. The summed E-state index contributed by atoms with van der Waals surface area (Å²) in [6.45, 7) is 3.61. The molecule has 0 bridgehead atoms. The van der Waals surface area contributed by atoms with Gasteiger partial charge in [-0.25, -0.2) is 0 Å². The Morgan fingerprint density at radius 2 is 1.95 bits per heavy atom. The number of hydrogen-bond donors (Lipinski definition) is 3. The molecular weight excluding hydrogens is 234 g/mol. The van der Waals surface area contributed by atoms with Gasteiger partial charge in [0, 0.05) is 25.3 Å². The molecule has 0 saturated heterocycles. The Balaban J connectivity index is 2.31. The Kier molecular flexibility index (Phi) is 4.66. The summed E-state index contributed by atoms with van der Waals surface area (Å²) in [5.41, 5.74) is 7.93. The van der Waals surface area contributed by atoms with Crippen molar-refractivity contribution in [3.63, 3.8) is 0 Å². The standard InChI is InChI=1S/C16H21N3/c1-2-14(10-18)19-11-13-8-7-12(9-17)15-5-3-4-6-16(13)15/h3-9,14,17,19H,2,10-11,18H2,1H3. The summed E-state index contributed by atoms with van der Waals surface area (Å²) in [6, 6.07) is 12.7. The highest BCUT2D eigenvalue weighted by molar-refractivity contribution is 6.00. The average molecular weight is 255 g/mol. The molecule has 0 aliphatic rings. The van der Waals surface area contributed by atoms with Gasteiger partial charge in [-0.3, -0.25) is 0 Å². The first kappa shape index (κ1) is 13.7. The molecule has 1 atom stereocenters. The van der Waals surface area contributed by atoms with Crippen LogP contribution in [0.4, 0.5) is 0 Å². The summed E-state index contributed by atoms with van der Waals surface area (Å²) in [7, 11) is 0. The molecule has 0 amide bonds. The molecule has 0 fully saturated rings. The molecule has 100 valence electrons. The highest BCUT2D eigenvalue weighted by atomic mass is 14.9. The lowest BCUT2D eigenvalue weighted by molar-refractivity contribution is 0.506. The molecule has 2 aromatic rings. The third-order valence-electron chi connectivity index (χ3n) is 3.56. The lowest BCUT2D eigenvalue weighted by Gasteiger charge is -2.16. The van der Waals surface area contributed by atoms with Crippen molar-refractivity contribution in [3.8, 4) is 0 Å². The molecule has 0 radical (unpaired) electrons. The van der Waals surface area contributed by atoms with Crippen LogP contribution in [0, 0.1) is 5.41 Å². The van der Waals surface area contributed by atoms with Crippen LogP contribution < -0.4 is 11.1 Å². The predicted octanol–water partition coefficient (Wildman–Crippen LogP) is 2.66. The van der Waals surface area contributed by atoms with Gasteiger partial charge in [-0.15, -0.1) is 0 Å². The van der Waals surface area contributed by atoms with E-state index in [2.05, 4.69) is 30.4 Å². The zero-order valence-electron chi connectivity index (χ0n) is 11.3. The van der Waals surface area contributed by atoms with E-state index in [1.54, 1.807) is 0 Å². The third kappa shape index (κ3) is 3.00. The summed E-state index contributed by atoms with van der Waals surface area (Å²) in [4.78, 5) is 0. The second-order valence-electron chi connectivity index (χ2n) is 4.73. The number of nitrogens with one attached hydrogen (secondary N) is 2. The van der Waals surface area contributed by atoms with Gasteiger partial charge < -0.3 is 16.5 Å². The smallest absolute Gasteiger partial charge is 0.0256 e. The van der Waals surface area contributed by atoms with Gasteiger partial charge in [-0.05, 0) is 28.3 Å². The van der Waals surface area contributed by atoms with Crippen LogP contribution >= 0.6 is 0 Å². The van der Waals surface area contributed by atoms with Crippen LogP contribution in [0.2, 0.25) is 0 Å². The quantitative estimate of drug-likeness (QED) is 0.695. The first-order valence-corrected chi connectivity index (χ1v) is 6.74. The van der Waals surface area contributed by atoms with Crippen molar-refractivity contribution in [1.29, 1.82) is 5.41 Å². The lowest BCUT2D eigenvalue weighted by Crippen LogP contribution is -2.34. The van der Waals surface area contributed by atoms with Crippen LogP contribution in [0.25, 0.3) is 10.8 Å². The zero-order chi connectivity index (χ0) is 13.7. The first-order chi connectivity index (χ1) is 9.30. The van der Waals surface area contributed by atoms with E-state index in [-0.39, 0.29) is 0 Å². The monoisotopic (exact) mass is 255 g/mol. The maximum Gasteiger partial charge on any atom is 0.0256 e. The highest BCUT2D eigenvalue weighted by Gasteiger charge is 2.06. The molecule has 0 aliphatic carbocycles. The lowest BCUT2D eigenvalue weighted by atomic mass is 9.99. The fraction of sp³-hybridized carbons (Fsp3) is 0.312. The van der Waals surface area contributed by atoms with Crippen LogP contribution in [0.15, 0.2) is 36.4 Å². The predicted molar refractivity (Wildman–Crippen MR) is 81.8 cm³/mol. The van der Waals surface area contributed by atoms with E-state index >= 15 is 0 Å². The molecule has 0 spiro atoms. The Bertz CT molecular complexity index is 559. The van der Waals surface area contributed by atoms with Gasteiger partial charge in [0.2, 0.25) is 0 Å². The van der Waals surface area contributed by atoms with Crippen molar-refractivity contribution in [2.75, 3.05) is 6.54 Å². The molecule has 4 N–H and O–H groups in total. The van der Waals surface area contributed by atoms with E-state index in [1.807, 2.05) is 18.2 Å². The summed E-state index contributed by atoms with van der Waals surface area (Å²) >= 11 is 0. The molecular formula is C16H21N3. The third-order valence-corrected chi connectivity index (χ3v) is 3.56. The van der Waals surface area contributed by atoms with Gasteiger partial charge in [0.1, 0.15) is 0 Å². The SMILES string of the molecule is CCC(CN)NCc1ccc(C=N)c2ccccc12. The Morgan fingerprint density at radius 3 is 2.58 bits per heavy atom. The van der Waals surface area contributed by atoms with Gasteiger partial charge in [0.15, 0.2) is 0 Å². The fourth-order valence-corrected chi connectivity index (χ4v) is 2.31. The number of hydrogen-bond acceptors (Lipinski definition) is 3. The van der Waals surface area contributed by atoms with Crippen molar-refractivity contribution in [2.45, 2.75) is 25.9 Å². The van der Waals surface area contributed by atoms with Crippen LogP contribution in [-0.2, 0) is 6.54 Å². The maximum absolute atomic E-state index is 7.47.